The first-order valence-corrected chi connectivity index (χ1v) is 7.13. The number of nitrogens with zero attached hydrogens (tertiary/aromatic N) is 2. The number of carbonyl (C=O) groups excluding carboxylic acids is 1. The Balaban J connectivity index is 2.13. The topological polar surface area (TPSA) is 23.6 Å². The number of likely N-dealkylation sites (tertiary alicyclic amines) is 1. The Morgan fingerprint density at radius 2 is 2.16 bits per heavy atom. The molecule has 0 saturated carbocycles. The van der Waals surface area contributed by atoms with Gasteiger partial charge in [0.1, 0.15) is 0 Å². The zero-order valence-corrected chi connectivity index (χ0v) is 12.5. The maximum absolute atomic E-state index is 12.5. The van der Waals surface area contributed by atoms with Crippen molar-refractivity contribution >= 4 is 23.2 Å². The molecule has 1 aliphatic heterocycles. The van der Waals surface area contributed by atoms with Crippen LogP contribution in [0.2, 0.25) is 0 Å². The van der Waals surface area contributed by atoms with Crippen LogP contribution in [0.15, 0.2) is 24.3 Å². The molecule has 1 aromatic rings. The first kappa shape index (κ1) is 14.2. The first-order chi connectivity index (χ1) is 8.99. The third-order valence-electron chi connectivity index (χ3n) is 3.76. The summed E-state index contributed by atoms with van der Waals surface area (Å²) in [6.45, 7) is 3.59. The molecule has 1 aliphatic rings. The molecule has 0 aliphatic carbocycles. The maximum Gasteiger partial charge on any atom is 0.253 e. The summed E-state index contributed by atoms with van der Waals surface area (Å²) >= 11 is 6.27. The lowest BCUT2D eigenvalue weighted by Crippen LogP contribution is -2.43. The van der Waals surface area contributed by atoms with Gasteiger partial charge in [0.25, 0.3) is 5.91 Å². The third kappa shape index (κ3) is 3.21. The molecule has 3 nitrogen and oxygen atoms in total. The highest BCUT2D eigenvalue weighted by Crippen LogP contribution is 2.24. The van der Waals surface area contributed by atoms with E-state index in [2.05, 4.69) is 6.92 Å². The van der Waals surface area contributed by atoms with Crippen molar-refractivity contribution in [3.05, 3.63) is 29.8 Å². The second-order valence-electron chi connectivity index (χ2n) is 5.48. The predicted molar refractivity (Wildman–Crippen MR) is 80.1 cm³/mol. The molecule has 1 saturated heterocycles. The van der Waals surface area contributed by atoms with E-state index in [1.165, 1.54) is 0 Å². The maximum atomic E-state index is 12.5. The van der Waals surface area contributed by atoms with Crippen molar-refractivity contribution < 1.29 is 4.79 Å². The largest absolute Gasteiger partial charge is 0.378 e. The highest BCUT2D eigenvalue weighted by molar-refractivity contribution is 6.21. The number of hydrogen-bond acceptors (Lipinski definition) is 2. The number of benzene rings is 1. The average Bonchev–Trinajstić information content (AvgIpc) is 2.41. The monoisotopic (exact) mass is 280 g/mol. The molecule has 0 bridgehead atoms. The van der Waals surface area contributed by atoms with Gasteiger partial charge in [-0.2, -0.15) is 0 Å². The third-order valence-corrected chi connectivity index (χ3v) is 4.33. The smallest absolute Gasteiger partial charge is 0.253 e. The number of anilines is 1. The normalized spacial score (nSPS) is 23.3. The first-order valence-electron chi connectivity index (χ1n) is 6.69. The van der Waals surface area contributed by atoms with Gasteiger partial charge in [-0.05, 0) is 30.5 Å². The van der Waals surface area contributed by atoms with Crippen molar-refractivity contribution in [2.24, 2.45) is 5.92 Å². The molecule has 1 aromatic carbocycles. The van der Waals surface area contributed by atoms with E-state index >= 15 is 0 Å². The zero-order valence-electron chi connectivity index (χ0n) is 11.8. The van der Waals surface area contributed by atoms with Crippen LogP contribution in [-0.2, 0) is 0 Å². The minimum Gasteiger partial charge on any atom is -0.378 e. The minimum atomic E-state index is 0.0646. The van der Waals surface area contributed by atoms with Gasteiger partial charge in [0, 0.05) is 38.4 Å². The van der Waals surface area contributed by atoms with E-state index < -0.39 is 0 Å². The van der Waals surface area contributed by atoms with Gasteiger partial charge >= 0.3 is 0 Å². The summed E-state index contributed by atoms with van der Waals surface area (Å²) in [5, 5.41) is 0.0646. The SMILES string of the molecule is CC1CCN(C(=O)c2cccc(N(C)C)c2)CC1Cl. The van der Waals surface area contributed by atoms with Gasteiger partial charge in [-0.3, -0.25) is 4.79 Å². The highest BCUT2D eigenvalue weighted by Gasteiger charge is 2.27. The summed E-state index contributed by atoms with van der Waals surface area (Å²) in [6.07, 6.45) is 0.979. The molecule has 2 unspecified atom stereocenters. The van der Waals surface area contributed by atoms with E-state index in [0.717, 1.165) is 24.2 Å². The lowest BCUT2D eigenvalue weighted by Gasteiger charge is -2.34. The van der Waals surface area contributed by atoms with E-state index in [1.54, 1.807) is 0 Å². The summed E-state index contributed by atoms with van der Waals surface area (Å²) in [5.74, 6) is 0.570. The van der Waals surface area contributed by atoms with Crippen LogP contribution >= 0.6 is 11.6 Å². The molecule has 1 amide bonds. The van der Waals surface area contributed by atoms with Crippen molar-refractivity contribution in [3.63, 3.8) is 0 Å². The molecular weight excluding hydrogens is 260 g/mol. The average molecular weight is 281 g/mol. The predicted octanol–water partition coefficient (Wildman–Crippen LogP) is 2.84. The van der Waals surface area contributed by atoms with Crippen LogP contribution in [0.25, 0.3) is 0 Å². The number of hydrogen-bond donors (Lipinski definition) is 0. The van der Waals surface area contributed by atoms with Crippen LogP contribution in [0.1, 0.15) is 23.7 Å². The fraction of sp³-hybridized carbons (Fsp3) is 0.533. The van der Waals surface area contributed by atoms with Gasteiger partial charge < -0.3 is 9.80 Å². The molecule has 0 N–H and O–H groups in total. The van der Waals surface area contributed by atoms with Crippen LogP contribution < -0.4 is 4.90 Å². The number of piperidine rings is 1. The standard InChI is InChI=1S/C15H21ClN2O/c1-11-7-8-18(10-14(11)16)15(19)12-5-4-6-13(9-12)17(2)3/h4-6,9,11,14H,7-8,10H2,1-3H3. The molecule has 4 heteroatoms. The van der Waals surface area contributed by atoms with Gasteiger partial charge in [0.15, 0.2) is 0 Å². The highest BCUT2D eigenvalue weighted by atomic mass is 35.5. The molecule has 2 atom stereocenters. The molecule has 0 aromatic heterocycles. The number of alkyl halides is 1. The number of carbonyl (C=O) groups is 1. The lowest BCUT2D eigenvalue weighted by molar-refractivity contribution is 0.0701. The summed E-state index contributed by atoms with van der Waals surface area (Å²) in [7, 11) is 3.95. The molecule has 104 valence electrons. The number of rotatable bonds is 2. The molecule has 1 heterocycles. The zero-order chi connectivity index (χ0) is 14.0. The van der Waals surface area contributed by atoms with Crippen molar-refractivity contribution in [3.8, 4) is 0 Å². The van der Waals surface area contributed by atoms with Crippen LogP contribution in [0.4, 0.5) is 5.69 Å². The van der Waals surface area contributed by atoms with Crippen LogP contribution in [0.5, 0.6) is 0 Å². The Bertz CT molecular complexity index is 461. The van der Waals surface area contributed by atoms with E-state index in [9.17, 15) is 4.79 Å². The molecule has 2 rings (SSSR count). The lowest BCUT2D eigenvalue weighted by atomic mass is 9.98. The summed E-state index contributed by atoms with van der Waals surface area (Å²) in [6, 6.07) is 7.73. The van der Waals surface area contributed by atoms with Crippen LogP contribution in [0, 0.1) is 5.92 Å². The van der Waals surface area contributed by atoms with Crippen molar-refractivity contribution in [1.82, 2.24) is 4.90 Å². The fourth-order valence-electron chi connectivity index (χ4n) is 2.31. The summed E-state index contributed by atoms with van der Waals surface area (Å²) < 4.78 is 0. The molecule has 19 heavy (non-hydrogen) atoms. The Morgan fingerprint density at radius 1 is 1.42 bits per heavy atom. The quantitative estimate of drug-likeness (QED) is 0.778. The Labute approximate surface area is 120 Å². The second kappa shape index (κ2) is 5.83. The number of halogens is 1. The Morgan fingerprint density at radius 3 is 2.79 bits per heavy atom. The second-order valence-corrected chi connectivity index (χ2v) is 6.04. The Hall–Kier alpha value is -1.22. The van der Waals surface area contributed by atoms with Gasteiger partial charge in [0.05, 0.1) is 5.38 Å². The van der Waals surface area contributed by atoms with Crippen molar-refractivity contribution in [1.29, 1.82) is 0 Å². The molecular formula is C15H21ClN2O. The van der Waals surface area contributed by atoms with Crippen molar-refractivity contribution in [2.75, 3.05) is 32.1 Å². The van der Waals surface area contributed by atoms with Gasteiger partial charge in [-0.1, -0.05) is 13.0 Å². The molecule has 0 radical (unpaired) electrons. The molecule has 0 spiro atoms. The van der Waals surface area contributed by atoms with Crippen LogP contribution in [0.3, 0.4) is 0 Å². The van der Waals surface area contributed by atoms with E-state index in [0.29, 0.717) is 12.5 Å². The van der Waals surface area contributed by atoms with Crippen LogP contribution in [-0.4, -0.2) is 43.4 Å². The van der Waals surface area contributed by atoms with E-state index in [4.69, 9.17) is 11.6 Å². The van der Waals surface area contributed by atoms with Gasteiger partial charge in [-0.25, -0.2) is 0 Å². The van der Waals surface area contributed by atoms with Gasteiger partial charge in [-0.15, -0.1) is 11.6 Å². The summed E-state index contributed by atoms with van der Waals surface area (Å²) in [4.78, 5) is 16.3. The number of amides is 1. The van der Waals surface area contributed by atoms with Crippen molar-refractivity contribution in [2.45, 2.75) is 18.7 Å². The molecule has 1 fully saturated rings. The van der Waals surface area contributed by atoms with E-state index in [-0.39, 0.29) is 11.3 Å². The van der Waals surface area contributed by atoms with Gasteiger partial charge in [0.2, 0.25) is 0 Å². The van der Waals surface area contributed by atoms with E-state index in [1.807, 2.05) is 48.2 Å². The minimum absolute atomic E-state index is 0.0646. The Kier molecular flexibility index (Phi) is 4.35. The summed E-state index contributed by atoms with van der Waals surface area (Å²) in [5.41, 5.74) is 1.78. The fourth-order valence-corrected chi connectivity index (χ4v) is 2.60.